The summed E-state index contributed by atoms with van der Waals surface area (Å²) in [4.78, 5) is 0. The molecule has 0 saturated carbocycles. The molecule has 0 unspecified atom stereocenters. The second-order valence-electron chi connectivity index (χ2n) is 0. The van der Waals surface area contributed by atoms with Gasteiger partial charge in [0.25, 0.3) is 0 Å². The fraction of sp³-hybridized carbons (Fsp3) is 0. The molecule has 0 spiro atoms. The molecular formula is C4H12Cl4. The van der Waals surface area contributed by atoms with E-state index in [0.29, 0.717) is 0 Å². The maximum atomic E-state index is 3.00. The first-order valence-corrected chi connectivity index (χ1v) is 1.000. The monoisotopic (exact) mass is 200 g/mol. The molecule has 0 aromatic heterocycles. The summed E-state index contributed by atoms with van der Waals surface area (Å²) in [5.74, 6) is 0. The van der Waals surface area contributed by atoms with Crippen molar-refractivity contribution < 1.29 is 0 Å². The quantitative estimate of drug-likeness (QED) is 0.528. The van der Waals surface area contributed by atoms with Crippen molar-refractivity contribution in [3.8, 4) is 0 Å². The Balaban J connectivity index is -0.00000000167. The van der Waals surface area contributed by atoms with Gasteiger partial charge in [0.2, 0.25) is 0 Å². The van der Waals surface area contributed by atoms with Gasteiger partial charge >= 0.3 is 0 Å². The first-order chi connectivity index (χ1) is 2.00. The highest BCUT2D eigenvalue weighted by Crippen LogP contribution is 0.864. The summed E-state index contributed by atoms with van der Waals surface area (Å²) in [6.45, 7) is 12.0. The summed E-state index contributed by atoms with van der Waals surface area (Å²) in [7, 11) is 0. The molecule has 0 aromatic carbocycles. The topological polar surface area (TPSA) is 0 Å². The number of halogens is 4. The minimum atomic E-state index is 0. The van der Waals surface area contributed by atoms with Crippen molar-refractivity contribution in [3.05, 3.63) is 26.3 Å². The molecule has 0 fully saturated rings. The Morgan fingerprint density at radius 2 is 0.375 bits per heavy atom. The van der Waals surface area contributed by atoms with Crippen LogP contribution in [0.3, 0.4) is 0 Å². The third kappa shape index (κ3) is 516. The van der Waals surface area contributed by atoms with Crippen LogP contribution in [0.4, 0.5) is 0 Å². The van der Waals surface area contributed by atoms with Crippen molar-refractivity contribution in [1.82, 2.24) is 0 Å². The van der Waals surface area contributed by atoms with Crippen molar-refractivity contribution in [2.45, 2.75) is 0 Å². The average molecular weight is 202 g/mol. The van der Waals surface area contributed by atoms with Crippen LogP contribution in [0.5, 0.6) is 0 Å². The molecule has 0 amide bonds. The lowest BCUT2D eigenvalue weighted by Crippen LogP contribution is -0.552. The van der Waals surface area contributed by atoms with Gasteiger partial charge in [-0.15, -0.1) is 75.9 Å². The summed E-state index contributed by atoms with van der Waals surface area (Å²) in [6.07, 6.45) is 0. The minimum absolute atomic E-state index is 0. The molecule has 0 rings (SSSR count). The van der Waals surface area contributed by atoms with Crippen molar-refractivity contribution in [1.29, 1.82) is 0 Å². The zero-order chi connectivity index (χ0) is 4.00. The number of hydrogen-bond donors (Lipinski definition) is 0. The molecular weight excluding hydrogens is 190 g/mol. The van der Waals surface area contributed by atoms with Crippen molar-refractivity contribution in [2.75, 3.05) is 0 Å². The summed E-state index contributed by atoms with van der Waals surface area (Å²) >= 11 is 0. The van der Waals surface area contributed by atoms with E-state index in [1.54, 1.807) is 0 Å². The summed E-state index contributed by atoms with van der Waals surface area (Å²) < 4.78 is 0. The average Bonchev–Trinajstić information content (AvgIpc) is 1.50. The van der Waals surface area contributed by atoms with E-state index >= 15 is 0 Å². The second kappa shape index (κ2) is 822. The number of hydrogen-bond acceptors (Lipinski definition) is 0. The van der Waals surface area contributed by atoms with E-state index in [9.17, 15) is 0 Å². The first-order valence-electron chi connectivity index (χ1n) is 1.000. The number of rotatable bonds is 0. The Kier molecular flexibility index (Phi) is 7440. The minimum Gasteiger partial charge on any atom is -0.147 e. The fourth-order valence-corrected chi connectivity index (χ4v) is 0. The van der Waals surface area contributed by atoms with Crippen LogP contribution in [0.15, 0.2) is 26.3 Å². The van der Waals surface area contributed by atoms with E-state index in [-0.39, 0.29) is 49.6 Å². The van der Waals surface area contributed by atoms with Crippen LogP contribution in [-0.4, -0.2) is 0 Å². The molecule has 0 aromatic rings. The van der Waals surface area contributed by atoms with Crippen LogP contribution in [0.2, 0.25) is 0 Å². The summed E-state index contributed by atoms with van der Waals surface area (Å²) in [5, 5.41) is 0. The van der Waals surface area contributed by atoms with Gasteiger partial charge in [0.15, 0.2) is 0 Å². The van der Waals surface area contributed by atoms with E-state index in [4.69, 9.17) is 0 Å². The highest BCUT2D eigenvalue weighted by molar-refractivity contribution is 5.86. The SMILES string of the molecule is C=C.C=C.Cl.Cl.Cl.Cl. The molecule has 0 aliphatic rings. The van der Waals surface area contributed by atoms with Crippen LogP contribution in [0.25, 0.3) is 0 Å². The van der Waals surface area contributed by atoms with Crippen LogP contribution in [-0.2, 0) is 0 Å². The van der Waals surface area contributed by atoms with E-state index in [1.807, 2.05) is 0 Å². The Labute approximate surface area is 76.1 Å². The molecule has 0 nitrogen and oxygen atoms in total. The van der Waals surface area contributed by atoms with Crippen molar-refractivity contribution >= 4 is 49.6 Å². The van der Waals surface area contributed by atoms with Gasteiger partial charge < -0.3 is 0 Å². The molecule has 8 heavy (non-hydrogen) atoms. The van der Waals surface area contributed by atoms with Gasteiger partial charge in [-0.2, -0.15) is 0 Å². The fourth-order valence-electron chi connectivity index (χ4n) is 0. The molecule has 0 aliphatic carbocycles. The Bertz CT molecular complexity index is 10.0. The third-order valence-electron chi connectivity index (χ3n) is 0. The van der Waals surface area contributed by atoms with E-state index in [1.165, 1.54) is 0 Å². The Morgan fingerprint density at radius 3 is 0.375 bits per heavy atom. The smallest absolute Gasteiger partial charge is 0.106 e. The molecule has 0 N–H and O–H groups in total. The summed E-state index contributed by atoms with van der Waals surface area (Å²) in [6, 6.07) is 0. The van der Waals surface area contributed by atoms with Gasteiger partial charge in [0.05, 0.1) is 0 Å². The van der Waals surface area contributed by atoms with Crippen molar-refractivity contribution in [2.24, 2.45) is 0 Å². The maximum Gasteiger partial charge on any atom is -0.106 e. The van der Waals surface area contributed by atoms with Gasteiger partial charge in [-0.05, 0) is 0 Å². The largest absolute Gasteiger partial charge is 0.147 e. The first kappa shape index (κ1) is 72.4. The molecule has 0 saturated heterocycles. The van der Waals surface area contributed by atoms with Crippen molar-refractivity contribution in [3.63, 3.8) is 0 Å². The highest BCUT2D eigenvalue weighted by atomic mass is 35.5. The van der Waals surface area contributed by atoms with Gasteiger partial charge in [-0.3, -0.25) is 0 Å². The second-order valence-corrected chi connectivity index (χ2v) is 0. The molecule has 4 heteroatoms. The highest BCUT2D eigenvalue weighted by Gasteiger charge is 0.603. The lowest BCUT2D eigenvalue weighted by molar-refractivity contribution is 2.81. The normalized spacial score (nSPS) is 1.00. The van der Waals surface area contributed by atoms with E-state index < -0.39 is 0 Å². The van der Waals surface area contributed by atoms with Gasteiger partial charge in [-0.1, -0.05) is 0 Å². The van der Waals surface area contributed by atoms with Crippen LogP contribution in [0, 0.1) is 0 Å². The van der Waals surface area contributed by atoms with Crippen LogP contribution in [0.1, 0.15) is 0 Å². The molecule has 0 heterocycles. The Hall–Kier alpha value is 0.640. The zero-order valence-electron chi connectivity index (χ0n) is 4.46. The van der Waals surface area contributed by atoms with Crippen LogP contribution >= 0.6 is 49.6 Å². The predicted octanol–water partition coefficient (Wildman–Crippen LogP) is 3.29. The van der Waals surface area contributed by atoms with Gasteiger partial charge in [0, 0.05) is 0 Å². The Morgan fingerprint density at radius 1 is 0.375 bits per heavy atom. The molecule has 56 valence electrons. The summed E-state index contributed by atoms with van der Waals surface area (Å²) in [5.41, 5.74) is 0. The zero-order valence-corrected chi connectivity index (χ0v) is 7.73. The molecule has 0 aliphatic heterocycles. The molecule has 0 bridgehead atoms. The van der Waals surface area contributed by atoms with Gasteiger partial charge in [0.1, 0.15) is 0 Å². The predicted molar refractivity (Wildman–Crippen MR) is 51.5 cm³/mol. The lowest BCUT2D eigenvalue weighted by atomic mass is 11.3. The molecule has 0 radical (unpaired) electrons. The molecule has 0 atom stereocenters. The van der Waals surface area contributed by atoms with E-state index in [2.05, 4.69) is 26.3 Å². The lowest BCUT2D eigenvalue weighted by Gasteiger charge is -0.813. The standard InChI is InChI=1S/2C2H4.4ClH/c2*1-2;;;;/h2*1-2H2;4*1H. The van der Waals surface area contributed by atoms with Crippen LogP contribution < -0.4 is 0 Å². The van der Waals surface area contributed by atoms with Gasteiger partial charge in [-0.25, -0.2) is 0 Å². The maximum absolute atomic E-state index is 3.00. The third-order valence-corrected chi connectivity index (χ3v) is 0. The van der Waals surface area contributed by atoms with E-state index in [0.717, 1.165) is 0 Å².